The number of carbonyl (C=O) groups is 1. The van der Waals surface area contributed by atoms with Gasteiger partial charge in [-0.3, -0.25) is 0 Å². The van der Waals surface area contributed by atoms with Crippen molar-refractivity contribution in [3.05, 3.63) is 59.7 Å². The molecule has 7 heteroatoms. The number of rotatable bonds is 5. The molecule has 0 heterocycles. The Balaban J connectivity index is 1.75. The van der Waals surface area contributed by atoms with Gasteiger partial charge in [0, 0.05) is 12.8 Å². The van der Waals surface area contributed by atoms with Gasteiger partial charge in [0.2, 0.25) is 0 Å². The summed E-state index contributed by atoms with van der Waals surface area (Å²) in [6, 6.07) is 16.5. The molecule has 0 amide bonds. The number of nitriles is 1. The van der Waals surface area contributed by atoms with E-state index in [-0.39, 0.29) is 19.4 Å². The van der Waals surface area contributed by atoms with Crippen LogP contribution >= 0.6 is 0 Å². The number of hydrogen-bond acceptors (Lipinski definition) is 6. The monoisotopic (exact) mass is 383 g/mol. The lowest BCUT2D eigenvalue weighted by molar-refractivity contribution is -0.202. The number of hydrogen-bond donors (Lipinski definition) is 4. The van der Waals surface area contributed by atoms with Crippen molar-refractivity contribution in [2.75, 3.05) is 0 Å². The Morgan fingerprint density at radius 1 is 1.07 bits per heavy atom. The lowest BCUT2D eigenvalue weighted by Crippen LogP contribution is -2.57. The number of aliphatic carboxylic acids is 1. The molecule has 0 aliphatic heterocycles. The first-order valence-corrected chi connectivity index (χ1v) is 8.86. The first-order valence-electron chi connectivity index (χ1n) is 8.86. The summed E-state index contributed by atoms with van der Waals surface area (Å²) in [6.45, 7) is -0.0397. The van der Waals surface area contributed by atoms with E-state index in [2.05, 4.69) is 6.07 Å². The normalized spacial score (nSPS) is 27.1. The van der Waals surface area contributed by atoms with Crippen LogP contribution in [0, 0.1) is 11.3 Å². The van der Waals surface area contributed by atoms with E-state index in [1.807, 2.05) is 24.3 Å². The van der Waals surface area contributed by atoms with Gasteiger partial charge in [-0.1, -0.05) is 42.5 Å². The second-order valence-electron chi connectivity index (χ2n) is 6.98. The van der Waals surface area contributed by atoms with Crippen molar-refractivity contribution in [2.45, 2.75) is 43.4 Å². The number of carboxylic acids is 1. The molecule has 1 aliphatic rings. The number of aliphatic hydroxyl groups is 3. The molecule has 2 aromatic carbocycles. The van der Waals surface area contributed by atoms with Gasteiger partial charge in [0.25, 0.3) is 0 Å². The highest BCUT2D eigenvalue weighted by molar-refractivity contribution is 5.78. The molecule has 3 rings (SSSR count). The predicted molar refractivity (Wildman–Crippen MR) is 99.0 cm³/mol. The van der Waals surface area contributed by atoms with E-state index < -0.39 is 29.9 Å². The maximum Gasteiger partial charge on any atom is 0.336 e. The molecule has 2 atom stereocenters. The van der Waals surface area contributed by atoms with Gasteiger partial charge in [0.15, 0.2) is 5.60 Å². The molecule has 4 N–H and O–H groups in total. The van der Waals surface area contributed by atoms with E-state index in [0.29, 0.717) is 11.1 Å². The Hall–Kier alpha value is -2.76. The first-order chi connectivity index (χ1) is 13.4. The molecule has 1 aliphatic carbocycles. The Labute approximate surface area is 162 Å². The lowest BCUT2D eigenvalue weighted by Gasteiger charge is -2.40. The summed E-state index contributed by atoms with van der Waals surface area (Å²) >= 11 is 0. The minimum atomic E-state index is -1.77. The summed E-state index contributed by atoms with van der Waals surface area (Å²) in [6.07, 6.45) is -4.78. The Bertz CT molecular complexity index is 877. The van der Waals surface area contributed by atoms with Crippen molar-refractivity contribution >= 4 is 5.97 Å². The number of aliphatic hydroxyl groups excluding tert-OH is 3. The Morgan fingerprint density at radius 2 is 1.68 bits per heavy atom. The number of carboxylic acid groups (broad SMARTS) is 1. The molecule has 0 aromatic heterocycles. The van der Waals surface area contributed by atoms with Crippen LogP contribution in [0.15, 0.2) is 48.5 Å². The highest BCUT2D eigenvalue weighted by Gasteiger charge is 2.50. The topological polar surface area (TPSA) is 131 Å². The average Bonchev–Trinajstić information content (AvgIpc) is 2.70. The maximum absolute atomic E-state index is 11.7. The Kier molecular flexibility index (Phi) is 5.77. The third kappa shape index (κ3) is 3.91. The lowest BCUT2D eigenvalue weighted by atomic mass is 9.79. The van der Waals surface area contributed by atoms with Crippen LogP contribution in [0.2, 0.25) is 0 Å². The molecule has 28 heavy (non-hydrogen) atoms. The van der Waals surface area contributed by atoms with Crippen LogP contribution in [-0.2, 0) is 16.1 Å². The molecule has 0 unspecified atom stereocenters. The predicted octanol–water partition coefficient (Wildman–Crippen LogP) is 1.44. The molecule has 2 aromatic rings. The van der Waals surface area contributed by atoms with Crippen molar-refractivity contribution in [3.8, 4) is 17.2 Å². The molecule has 0 radical (unpaired) electrons. The Morgan fingerprint density at radius 3 is 2.25 bits per heavy atom. The van der Waals surface area contributed by atoms with Gasteiger partial charge >= 0.3 is 5.97 Å². The summed E-state index contributed by atoms with van der Waals surface area (Å²) in [7, 11) is 0. The van der Waals surface area contributed by atoms with Crippen molar-refractivity contribution in [1.82, 2.24) is 0 Å². The molecule has 1 saturated carbocycles. The average molecular weight is 383 g/mol. The molecule has 146 valence electrons. The minimum Gasteiger partial charge on any atom is -0.479 e. The minimum absolute atomic E-state index is 0.0397. The molecule has 1 fully saturated rings. The SMILES string of the molecule is N#Cc1ccccc1-c1ccc(COC2(C(=O)O)C[C@@H](O)C(O)[C@H](O)C2)cc1. The van der Waals surface area contributed by atoms with Gasteiger partial charge in [0.1, 0.15) is 6.10 Å². The fourth-order valence-electron chi connectivity index (χ4n) is 3.45. The summed E-state index contributed by atoms with van der Waals surface area (Å²) < 4.78 is 5.61. The van der Waals surface area contributed by atoms with Crippen LogP contribution in [0.3, 0.4) is 0 Å². The molecule has 0 spiro atoms. The van der Waals surface area contributed by atoms with Gasteiger partial charge in [0.05, 0.1) is 30.4 Å². The van der Waals surface area contributed by atoms with Crippen LogP contribution in [0.25, 0.3) is 11.1 Å². The maximum atomic E-state index is 11.7. The smallest absolute Gasteiger partial charge is 0.336 e. The molecular weight excluding hydrogens is 362 g/mol. The van der Waals surface area contributed by atoms with Gasteiger partial charge < -0.3 is 25.2 Å². The number of benzene rings is 2. The van der Waals surface area contributed by atoms with E-state index in [0.717, 1.165) is 11.1 Å². The van der Waals surface area contributed by atoms with E-state index in [1.165, 1.54) is 0 Å². The first kappa shape index (κ1) is 20.0. The zero-order valence-corrected chi connectivity index (χ0v) is 15.0. The second-order valence-corrected chi connectivity index (χ2v) is 6.98. The highest BCUT2D eigenvalue weighted by atomic mass is 16.5. The zero-order valence-electron chi connectivity index (χ0n) is 15.0. The van der Waals surface area contributed by atoms with Crippen molar-refractivity contribution in [2.24, 2.45) is 0 Å². The summed E-state index contributed by atoms with van der Waals surface area (Å²) in [5.41, 5.74) is 1.13. The van der Waals surface area contributed by atoms with Crippen LogP contribution in [-0.4, -0.2) is 50.3 Å². The van der Waals surface area contributed by atoms with Crippen LogP contribution in [0.5, 0.6) is 0 Å². The highest BCUT2D eigenvalue weighted by Crippen LogP contribution is 2.34. The standard InChI is InChI=1S/C21H21NO6/c22-11-15-3-1-2-4-16(15)14-7-5-13(6-8-14)12-28-21(20(26)27)9-17(23)19(25)18(24)10-21/h1-8,17-19,23-25H,9-10,12H2,(H,26,27)/t17-,18-,19?,21?/m1/s1. The van der Waals surface area contributed by atoms with Gasteiger partial charge in [-0.15, -0.1) is 0 Å². The van der Waals surface area contributed by atoms with E-state index in [1.54, 1.807) is 24.3 Å². The summed E-state index contributed by atoms with van der Waals surface area (Å²) in [5.74, 6) is -1.29. The summed E-state index contributed by atoms with van der Waals surface area (Å²) in [5, 5.41) is 48.2. The number of ether oxygens (including phenoxy) is 1. The molecule has 7 nitrogen and oxygen atoms in total. The third-order valence-corrected chi connectivity index (χ3v) is 5.08. The fraction of sp³-hybridized carbons (Fsp3) is 0.333. The third-order valence-electron chi connectivity index (χ3n) is 5.08. The van der Waals surface area contributed by atoms with Crippen LogP contribution in [0.4, 0.5) is 0 Å². The van der Waals surface area contributed by atoms with E-state index >= 15 is 0 Å². The van der Waals surface area contributed by atoms with Crippen LogP contribution < -0.4 is 0 Å². The van der Waals surface area contributed by atoms with Gasteiger partial charge in [-0.05, 0) is 22.8 Å². The zero-order chi connectivity index (χ0) is 20.3. The van der Waals surface area contributed by atoms with Gasteiger partial charge in [-0.2, -0.15) is 5.26 Å². The fourth-order valence-corrected chi connectivity index (χ4v) is 3.45. The van der Waals surface area contributed by atoms with E-state index in [9.17, 15) is 30.5 Å². The van der Waals surface area contributed by atoms with E-state index in [4.69, 9.17) is 4.74 Å². The second kappa shape index (κ2) is 8.09. The molecule has 0 bridgehead atoms. The van der Waals surface area contributed by atoms with Crippen molar-refractivity contribution in [1.29, 1.82) is 5.26 Å². The van der Waals surface area contributed by atoms with Crippen LogP contribution in [0.1, 0.15) is 24.0 Å². The summed E-state index contributed by atoms with van der Waals surface area (Å²) in [4.78, 5) is 11.7. The molecule has 0 saturated heterocycles. The van der Waals surface area contributed by atoms with Crippen molar-refractivity contribution in [3.63, 3.8) is 0 Å². The van der Waals surface area contributed by atoms with Gasteiger partial charge in [-0.25, -0.2) is 4.79 Å². The largest absolute Gasteiger partial charge is 0.479 e. The molecular formula is C21H21NO6. The van der Waals surface area contributed by atoms with Crippen molar-refractivity contribution < 1.29 is 30.0 Å². The quantitative estimate of drug-likeness (QED) is 0.614. The number of nitrogens with zero attached hydrogens (tertiary/aromatic N) is 1.